The number of halogens is 1. The molecule has 0 rings (SSSR count). The Hall–Kier alpha value is -1.20. The minimum atomic E-state index is -1.00. The first-order chi connectivity index (χ1) is 9.90. The molecule has 0 saturated heterocycles. The van der Waals surface area contributed by atoms with Crippen LogP contribution in [0.2, 0.25) is 0 Å². The lowest BCUT2D eigenvalue weighted by Gasteiger charge is -2.24. The molecule has 0 heterocycles. The van der Waals surface area contributed by atoms with E-state index in [1.807, 2.05) is 0 Å². The second-order valence-corrected chi connectivity index (χ2v) is 6.32. The van der Waals surface area contributed by atoms with Crippen LogP contribution >= 0.6 is 11.6 Å². The lowest BCUT2D eigenvalue weighted by atomic mass is 9.98. The molecule has 6 heteroatoms. The van der Waals surface area contributed by atoms with Gasteiger partial charge in [0, 0.05) is 13.0 Å². The van der Waals surface area contributed by atoms with Crippen LogP contribution in [0.3, 0.4) is 0 Å². The highest BCUT2D eigenvalue weighted by Crippen LogP contribution is 2.16. The van der Waals surface area contributed by atoms with Gasteiger partial charge in [0.1, 0.15) is 5.60 Å². The third-order valence-corrected chi connectivity index (χ3v) is 2.82. The number of carboxylic acids is 1. The van der Waals surface area contributed by atoms with E-state index in [0.29, 0.717) is 18.1 Å². The monoisotopic (exact) mass is 334 g/mol. The van der Waals surface area contributed by atoms with Crippen molar-refractivity contribution in [3.8, 4) is 0 Å². The number of carbonyl (C=O) groups is 3. The molecule has 0 aromatic carbocycles. The van der Waals surface area contributed by atoms with Gasteiger partial charge in [-0.3, -0.25) is 14.4 Å². The van der Waals surface area contributed by atoms with Crippen molar-refractivity contribution in [2.45, 2.75) is 59.5 Å². The predicted molar refractivity (Wildman–Crippen MR) is 87.0 cm³/mol. The Labute approximate surface area is 137 Å². The summed E-state index contributed by atoms with van der Waals surface area (Å²) in [7, 11) is 0. The maximum absolute atomic E-state index is 11.6. The fourth-order valence-electron chi connectivity index (χ4n) is 1.33. The van der Waals surface area contributed by atoms with Crippen molar-refractivity contribution in [3.05, 3.63) is 12.2 Å². The standard InChI is InChI=1S/C12H22O2.C4H5ClO3/c1-9(2)7-8-14-12(5,6)11(13)10(3)4;5-3(6)1-2-4(7)8/h9H,3,7-8H2,1-2,4-6H3;1-2H2,(H,7,8). The van der Waals surface area contributed by atoms with Crippen molar-refractivity contribution in [2.24, 2.45) is 5.92 Å². The number of rotatable bonds is 9. The fourth-order valence-corrected chi connectivity index (χ4v) is 1.43. The molecule has 22 heavy (non-hydrogen) atoms. The van der Waals surface area contributed by atoms with Gasteiger partial charge in [-0.2, -0.15) is 0 Å². The molecule has 0 aliphatic rings. The van der Waals surface area contributed by atoms with Crippen LogP contribution in [-0.2, 0) is 19.1 Å². The summed E-state index contributed by atoms with van der Waals surface area (Å²) in [5, 5.41) is 7.35. The van der Waals surface area contributed by atoms with E-state index in [2.05, 4.69) is 20.4 Å². The van der Waals surface area contributed by atoms with Crippen LogP contribution in [0.15, 0.2) is 12.2 Å². The molecule has 0 unspecified atom stereocenters. The Morgan fingerprint density at radius 1 is 1.23 bits per heavy atom. The third kappa shape index (κ3) is 13.8. The number of carbonyl (C=O) groups excluding carboxylic acids is 2. The second-order valence-electron chi connectivity index (χ2n) is 5.90. The van der Waals surface area contributed by atoms with Gasteiger partial charge in [-0.05, 0) is 50.3 Å². The maximum atomic E-state index is 11.6. The van der Waals surface area contributed by atoms with Crippen molar-refractivity contribution in [1.29, 1.82) is 0 Å². The molecule has 5 nitrogen and oxygen atoms in total. The summed E-state index contributed by atoms with van der Waals surface area (Å²) in [6.07, 6.45) is 0.714. The van der Waals surface area contributed by atoms with Crippen molar-refractivity contribution in [2.75, 3.05) is 6.61 Å². The predicted octanol–water partition coefficient (Wildman–Crippen LogP) is 3.59. The molecular formula is C16H27ClO5. The van der Waals surface area contributed by atoms with Crippen molar-refractivity contribution >= 4 is 28.6 Å². The zero-order chi connectivity index (χ0) is 17.9. The summed E-state index contributed by atoms with van der Waals surface area (Å²) in [4.78, 5) is 31.2. The van der Waals surface area contributed by atoms with E-state index >= 15 is 0 Å². The summed E-state index contributed by atoms with van der Waals surface area (Å²) in [5.74, 6) is -0.411. The van der Waals surface area contributed by atoms with Crippen molar-refractivity contribution in [3.63, 3.8) is 0 Å². The minimum Gasteiger partial charge on any atom is -0.481 e. The minimum absolute atomic E-state index is 0.0127. The zero-order valence-corrected chi connectivity index (χ0v) is 14.8. The first-order valence-corrected chi connectivity index (χ1v) is 7.52. The van der Waals surface area contributed by atoms with Crippen molar-refractivity contribution in [1.82, 2.24) is 0 Å². The van der Waals surface area contributed by atoms with Gasteiger partial charge in [-0.25, -0.2) is 0 Å². The normalized spacial score (nSPS) is 10.7. The van der Waals surface area contributed by atoms with Gasteiger partial charge in [0.25, 0.3) is 0 Å². The van der Waals surface area contributed by atoms with Crippen LogP contribution in [0.5, 0.6) is 0 Å². The van der Waals surface area contributed by atoms with Crippen LogP contribution in [0.25, 0.3) is 0 Å². The van der Waals surface area contributed by atoms with Crippen LogP contribution in [-0.4, -0.2) is 34.3 Å². The van der Waals surface area contributed by atoms with E-state index in [-0.39, 0.29) is 18.6 Å². The number of carboxylic acid groups (broad SMARTS) is 1. The summed E-state index contributed by atoms with van der Waals surface area (Å²) in [5.41, 5.74) is -0.166. The first-order valence-electron chi connectivity index (χ1n) is 7.14. The SMILES string of the molecule is C=C(C)C(=O)C(C)(C)OCCC(C)C.O=C(O)CCC(=O)Cl. The third-order valence-electron chi connectivity index (χ3n) is 2.63. The quantitative estimate of drug-likeness (QED) is 0.514. The molecule has 0 aliphatic carbocycles. The Morgan fingerprint density at radius 2 is 1.73 bits per heavy atom. The lowest BCUT2D eigenvalue weighted by Crippen LogP contribution is -2.36. The van der Waals surface area contributed by atoms with Gasteiger partial charge in [0.15, 0.2) is 5.78 Å². The molecular weight excluding hydrogens is 308 g/mol. The smallest absolute Gasteiger partial charge is 0.303 e. The van der Waals surface area contributed by atoms with Crippen LogP contribution in [0.4, 0.5) is 0 Å². The number of Topliss-reactive ketones (excluding diaryl/α,β-unsaturated/α-hetero) is 1. The molecule has 0 fully saturated rings. The molecule has 128 valence electrons. The molecule has 0 aromatic heterocycles. The molecule has 0 bridgehead atoms. The maximum Gasteiger partial charge on any atom is 0.303 e. The van der Waals surface area contributed by atoms with Gasteiger partial charge >= 0.3 is 5.97 Å². The number of hydrogen-bond acceptors (Lipinski definition) is 4. The van der Waals surface area contributed by atoms with Crippen LogP contribution in [0.1, 0.15) is 53.9 Å². The molecule has 0 atom stereocenters. The molecule has 0 saturated carbocycles. The van der Waals surface area contributed by atoms with Gasteiger partial charge < -0.3 is 9.84 Å². The first kappa shape index (κ1) is 23.1. The van der Waals surface area contributed by atoms with E-state index < -0.39 is 16.8 Å². The lowest BCUT2D eigenvalue weighted by molar-refractivity contribution is -0.138. The molecule has 0 spiro atoms. The number of aliphatic carboxylic acids is 1. The second kappa shape index (κ2) is 11.4. The molecule has 1 N–H and O–H groups in total. The molecule has 0 radical (unpaired) electrons. The highest BCUT2D eigenvalue weighted by Gasteiger charge is 2.28. The van der Waals surface area contributed by atoms with E-state index in [1.165, 1.54) is 0 Å². The summed E-state index contributed by atoms with van der Waals surface area (Å²) >= 11 is 4.82. The van der Waals surface area contributed by atoms with E-state index in [9.17, 15) is 14.4 Å². The summed E-state index contributed by atoms with van der Waals surface area (Å²) < 4.78 is 5.55. The largest absolute Gasteiger partial charge is 0.481 e. The Kier molecular flexibility index (Phi) is 11.9. The average molecular weight is 335 g/mol. The summed E-state index contributed by atoms with van der Waals surface area (Å²) in [6.45, 7) is 13.8. The number of ketones is 1. The molecule has 0 aromatic rings. The number of hydrogen-bond donors (Lipinski definition) is 1. The van der Waals surface area contributed by atoms with E-state index in [0.717, 1.165) is 6.42 Å². The van der Waals surface area contributed by atoms with Gasteiger partial charge in [-0.1, -0.05) is 20.4 Å². The van der Waals surface area contributed by atoms with Gasteiger partial charge in [0.2, 0.25) is 5.24 Å². The van der Waals surface area contributed by atoms with Gasteiger partial charge in [0.05, 0.1) is 6.42 Å². The topological polar surface area (TPSA) is 80.7 Å². The molecule has 0 amide bonds. The number of ether oxygens (including phenoxy) is 1. The highest BCUT2D eigenvalue weighted by atomic mass is 35.5. The van der Waals surface area contributed by atoms with Gasteiger partial charge in [-0.15, -0.1) is 0 Å². The Bertz CT molecular complexity index is 385. The Morgan fingerprint density at radius 3 is 2.00 bits per heavy atom. The zero-order valence-electron chi connectivity index (χ0n) is 14.1. The summed E-state index contributed by atoms with van der Waals surface area (Å²) in [6, 6.07) is 0. The Balaban J connectivity index is 0. The van der Waals surface area contributed by atoms with E-state index in [1.54, 1.807) is 20.8 Å². The highest BCUT2D eigenvalue weighted by molar-refractivity contribution is 6.63. The average Bonchev–Trinajstić information content (AvgIpc) is 2.35. The van der Waals surface area contributed by atoms with Crippen molar-refractivity contribution < 1.29 is 24.2 Å². The molecule has 0 aliphatic heterocycles. The van der Waals surface area contributed by atoms with E-state index in [4.69, 9.17) is 21.4 Å². The fraction of sp³-hybridized carbons (Fsp3) is 0.688. The van der Waals surface area contributed by atoms with Crippen LogP contribution in [0, 0.1) is 5.92 Å². The van der Waals surface area contributed by atoms with Crippen LogP contribution < -0.4 is 0 Å².